The molecule has 2 aliphatic rings. The van der Waals surface area contributed by atoms with Crippen molar-refractivity contribution < 1.29 is 18.9 Å². The first-order valence-electron chi connectivity index (χ1n) is 11.3. The SMILES string of the molecule is CCCCn1c(C)cc2c(c1=O)C1O[C@](CCCC)(Cc3cc(OC)c(OC)cc31)O2. The summed E-state index contributed by atoms with van der Waals surface area (Å²) in [4.78, 5) is 13.6. The highest BCUT2D eigenvalue weighted by atomic mass is 16.7. The minimum atomic E-state index is -0.769. The van der Waals surface area contributed by atoms with Gasteiger partial charge < -0.3 is 23.5 Å². The largest absolute Gasteiger partial charge is 0.493 e. The Morgan fingerprint density at radius 1 is 1.10 bits per heavy atom. The molecular formula is C25H33NO5. The molecule has 6 nitrogen and oxygen atoms in total. The van der Waals surface area contributed by atoms with Crippen molar-refractivity contribution in [2.24, 2.45) is 0 Å². The molecule has 0 fully saturated rings. The lowest BCUT2D eigenvalue weighted by Crippen LogP contribution is -2.51. The molecular weight excluding hydrogens is 394 g/mol. The average Bonchev–Trinajstić information content (AvgIpc) is 2.76. The number of pyridine rings is 1. The first kappa shape index (κ1) is 21.8. The monoisotopic (exact) mass is 427 g/mol. The fourth-order valence-corrected chi connectivity index (χ4v) is 4.74. The predicted molar refractivity (Wildman–Crippen MR) is 119 cm³/mol. The molecule has 3 heterocycles. The van der Waals surface area contributed by atoms with Crippen molar-refractivity contribution in [3.63, 3.8) is 0 Å². The van der Waals surface area contributed by atoms with Gasteiger partial charge in [-0.1, -0.05) is 26.7 Å². The first-order valence-corrected chi connectivity index (χ1v) is 11.3. The lowest BCUT2D eigenvalue weighted by atomic mass is 9.85. The van der Waals surface area contributed by atoms with E-state index in [0.29, 0.717) is 35.8 Å². The van der Waals surface area contributed by atoms with Crippen molar-refractivity contribution >= 4 is 0 Å². The Hall–Kier alpha value is -2.47. The van der Waals surface area contributed by atoms with E-state index >= 15 is 0 Å². The fourth-order valence-electron chi connectivity index (χ4n) is 4.74. The molecule has 168 valence electrons. The van der Waals surface area contributed by atoms with Gasteiger partial charge in [0.15, 0.2) is 11.5 Å². The fraction of sp³-hybridized carbons (Fsp3) is 0.560. The number of rotatable bonds is 8. The molecule has 0 radical (unpaired) electrons. The summed E-state index contributed by atoms with van der Waals surface area (Å²) in [6, 6.07) is 5.96. The minimum Gasteiger partial charge on any atom is -0.493 e. The van der Waals surface area contributed by atoms with Gasteiger partial charge in [-0.25, -0.2) is 0 Å². The molecule has 0 aliphatic carbocycles. The van der Waals surface area contributed by atoms with Gasteiger partial charge in [-0.3, -0.25) is 4.79 Å². The van der Waals surface area contributed by atoms with Crippen LogP contribution in [0.1, 0.15) is 74.4 Å². The highest BCUT2D eigenvalue weighted by Gasteiger charge is 2.48. The van der Waals surface area contributed by atoms with Crippen LogP contribution in [0.25, 0.3) is 0 Å². The van der Waals surface area contributed by atoms with Crippen molar-refractivity contribution in [2.45, 2.75) is 77.7 Å². The Morgan fingerprint density at radius 3 is 2.48 bits per heavy atom. The van der Waals surface area contributed by atoms with Crippen molar-refractivity contribution in [3.8, 4) is 17.2 Å². The first-order chi connectivity index (χ1) is 15.0. The Kier molecular flexibility index (Phi) is 6.02. The highest BCUT2D eigenvalue weighted by Crippen LogP contribution is 2.50. The third kappa shape index (κ3) is 3.71. The van der Waals surface area contributed by atoms with Crippen LogP contribution in [0.2, 0.25) is 0 Å². The number of fused-ring (bicyclic) bond motifs is 6. The molecule has 0 N–H and O–H groups in total. The maximum Gasteiger partial charge on any atom is 0.260 e. The van der Waals surface area contributed by atoms with Crippen LogP contribution in [-0.2, 0) is 17.7 Å². The summed E-state index contributed by atoms with van der Waals surface area (Å²) in [5, 5.41) is 0. The molecule has 1 aromatic carbocycles. The number of unbranched alkanes of at least 4 members (excludes halogenated alkanes) is 2. The third-order valence-electron chi connectivity index (χ3n) is 6.43. The second-order valence-corrected chi connectivity index (χ2v) is 8.57. The van der Waals surface area contributed by atoms with Gasteiger partial charge in [-0.05, 0) is 43.0 Å². The highest BCUT2D eigenvalue weighted by molar-refractivity contribution is 5.54. The molecule has 2 bridgehead atoms. The standard InChI is InChI=1S/C25H33NO5/c1-6-8-10-25-15-17-13-19(28-4)20(29-5)14-18(17)23(31-25)22-21(30-25)12-16(3)26(24(22)27)11-9-7-2/h12-14,23H,6-11,15H2,1-5H3/t23?,25-/m1/s1. The summed E-state index contributed by atoms with van der Waals surface area (Å²) in [6.07, 6.45) is 4.90. The third-order valence-corrected chi connectivity index (χ3v) is 6.43. The molecule has 4 rings (SSSR count). The van der Waals surface area contributed by atoms with Crippen LogP contribution in [0.3, 0.4) is 0 Å². The van der Waals surface area contributed by atoms with E-state index in [1.807, 2.05) is 29.7 Å². The van der Waals surface area contributed by atoms with E-state index in [1.54, 1.807) is 14.2 Å². The van der Waals surface area contributed by atoms with Crippen LogP contribution in [-0.4, -0.2) is 24.6 Å². The molecule has 2 aromatic rings. The van der Waals surface area contributed by atoms with E-state index in [0.717, 1.165) is 48.9 Å². The van der Waals surface area contributed by atoms with Gasteiger partial charge in [-0.15, -0.1) is 0 Å². The number of hydrogen-bond donors (Lipinski definition) is 0. The summed E-state index contributed by atoms with van der Waals surface area (Å²) in [6.45, 7) is 6.96. The van der Waals surface area contributed by atoms with Crippen LogP contribution in [0.15, 0.2) is 23.0 Å². The molecule has 0 saturated heterocycles. The van der Waals surface area contributed by atoms with E-state index in [9.17, 15) is 4.79 Å². The van der Waals surface area contributed by atoms with Gasteiger partial charge in [0.05, 0.1) is 19.8 Å². The normalized spacial score (nSPS) is 21.1. The van der Waals surface area contributed by atoms with E-state index in [4.69, 9.17) is 18.9 Å². The van der Waals surface area contributed by atoms with Gasteiger partial charge in [0.25, 0.3) is 5.56 Å². The summed E-state index contributed by atoms with van der Waals surface area (Å²) in [5.74, 6) is 1.20. The summed E-state index contributed by atoms with van der Waals surface area (Å²) in [7, 11) is 3.26. The van der Waals surface area contributed by atoms with Gasteiger partial charge in [0.1, 0.15) is 11.9 Å². The Balaban J connectivity index is 1.91. The Bertz CT molecular complexity index is 1030. The number of ether oxygens (including phenoxy) is 4. The van der Waals surface area contributed by atoms with Crippen molar-refractivity contribution in [2.75, 3.05) is 14.2 Å². The molecule has 2 aliphatic heterocycles. The average molecular weight is 428 g/mol. The number of hydrogen-bond acceptors (Lipinski definition) is 5. The second-order valence-electron chi connectivity index (χ2n) is 8.57. The summed E-state index contributed by atoms with van der Waals surface area (Å²) < 4.78 is 26.0. The van der Waals surface area contributed by atoms with Crippen LogP contribution in [0.4, 0.5) is 0 Å². The maximum atomic E-state index is 13.6. The van der Waals surface area contributed by atoms with E-state index in [-0.39, 0.29) is 5.56 Å². The maximum absolute atomic E-state index is 13.6. The van der Waals surface area contributed by atoms with E-state index < -0.39 is 11.9 Å². The number of aromatic nitrogens is 1. The lowest BCUT2D eigenvalue weighted by Gasteiger charge is -2.46. The van der Waals surface area contributed by atoms with Gasteiger partial charge >= 0.3 is 0 Å². The number of benzene rings is 1. The van der Waals surface area contributed by atoms with Crippen LogP contribution in [0, 0.1) is 6.92 Å². The molecule has 6 heteroatoms. The molecule has 1 unspecified atom stereocenters. The summed E-state index contributed by atoms with van der Waals surface area (Å²) in [5.41, 5.74) is 3.52. The predicted octanol–water partition coefficient (Wildman–Crippen LogP) is 4.92. The molecule has 31 heavy (non-hydrogen) atoms. The molecule has 1 aromatic heterocycles. The van der Waals surface area contributed by atoms with Crippen molar-refractivity contribution in [3.05, 3.63) is 50.9 Å². The molecule has 2 atom stereocenters. The van der Waals surface area contributed by atoms with Gasteiger partial charge in [0.2, 0.25) is 5.79 Å². The smallest absolute Gasteiger partial charge is 0.260 e. The number of nitrogens with zero attached hydrogens (tertiary/aromatic N) is 1. The number of aryl methyl sites for hydroxylation is 1. The molecule has 0 saturated carbocycles. The Labute approximate surface area is 184 Å². The van der Waals surface area contributed by atoms with E-state index in [1.165, 1.54) is 0 Å². The Morgan fingerprint density at radius 2 is 1.81 bits per heavy atom. The van der Waals surface area contributed by atoms with E-state index in [2.05, 4.69) is 13.8 Å². The van der Waals surface area contributed by atoms with Crippen LogP contribution < -0.4 is 19.8 Å². The zero-order valence-corrected chi connectivity index (χ0v) is 19.2. The van der Waals surface area contributed by atoms with Gasteiger partial charge in [0, 0.05) is 31.1 Å². The topological polar surface area (TPSA) is 58.9 Å². The van der Waals surface area contributed by atoms with Crippen molar-refractivity contribution in [1.29, 1.82) is 0 Å². The molecule has 0 amide bonds. The quantitative estimate of drug-likeness (QED) is 0.599. The van der Waals surface area contributed by atoms with Crippen LogP contribution in [0.5, 0.6) is 17.2 Å². The molecule has 0 spiro atoms. The van der Waals surface area contributed by atoms with Crippen molar-refractivity contribution in [1.82, 2.24) is 4.57 Å². The lowest BCUT2D eigenvalue weighted by molar-refractivity contribution is -0.233. The minimum absolute atomic E-state index is 0.0276. The van der Waals surface area contributed by atoms with Crippen LogP contribution >= 0.6 is 0 Å². The zero-order chi connectivity index (χ0) is 22.2. The summed E-state index contributed by atoms with van der Waals surface area (Å²) >= 11 is 0. The van der Waals surface area contributed by atoms with Gasteiger partial charge in [-0.2, -0.15) is 0 Å². The zero-order valence-electron chi connectivity index (χ0n) is 19.2. The second kappa shape index (κ2) is 8.58. The number of methoxy groups -OCH3 is 2.